The highest BCUT2D eigenvalue weighted by Crippen LogP contribution is 2.18. The van der Waals surface area contributed by atoms with E-state index in [4.69, 9.17) is 0 Å². The van der Waals surface area contributed by atoms with Crippen LogP contribution >= 0.6 is 0 Å². The third kappa shape index (κ3) is 2.65. The predicted molar refractivity (Wildman–Crippen MR) is 62.1 cm³/mol. The Labute approximate surface area is 96.8 Å². The van der Waals surface area contributed by atoms with Crippen molar-refractivity contribution in [1.82, 2.24) is 15.1 Å². The molecule has 0 aromatic carbocycles. The van der Waals surface area contributed by atoms with Gasteiger partial charge >= 0.3 is 6.03 Å². The molecule has 5 nitrogen and oxygen atoms in total. The van der Waals surface area contributed by atoms with E-state index in [9.17, 15) is 9.59 Å². The molecule has 1 saturated heterocycles. The smallest absolute Gasteiger partial charge is 0.320 e. The molecule has 1 N–H and O–H groups in total. The number of nitrogens with zero attached hydrogens (tertiary/aromatic N) is 2. The van der Waals surface area contributed by atoms with Crippen LogP contribution < -0.4 is 5.32 Å². The maximum absolute atomic E-state index is 12.0. The maximum atomic E-state index is 12.0. The van der Waals surface area contributed by atoms with E-state index < -0.39 is 0 Å². The van der Waals surface area contributed by atoms with E-state index in [1.54, 1.807) is 23.9 Å². The average molecular weight is 227 g/mol. The van der Waals surface area contributed by atoms with Gasteiger partial charge in [0.05, 0.1) is 0 Å². The summed E-state index contributed by atoms with van der Waals surface area (Å²) >= 11 is 0. The molecule has 0 saturated carbocycles. The second kappa shape index (κ2) is 5.72. The summed E-state index contributed by atoms with van der Waals surface area (Å²) in [5.41, 5.74) is 0. The van der Waals surface area contributed by atoms with Crippen LogP contribution in [0.1, 0.15) is 26.2 Å². The van der Waals surface area contributed by atoms with Crippen LogP contribution in [0, 0.1) is 0 Å². The first-order chi connectivity index (χ1) is 7.61. The van der Waals surface area contributed by atoms with Crippen LogP contribution in [-0.2, 0) is 4.79 Å². The van der Waals surface area contributed by atoms with Gasteiger partial charge in [-0.25, -0.2) is 4.79 Å². The fourth-order valence-corrected chi connectivity index (χ4v) is 1.95. The van der Waals surface area contributed by atoms with Crippen LogP contribution in [0.25, 0.3) is 0 Å². The monoisotopic (exact) mass is 227 g/mol. The van der Waals surface area contributed by atoms with E-state index in [-0.39, 0.29) is 18.0 Å². The molecule has 5 heteroatoms. The van der Waals surface area contributed by atoms with Gasteiger partial charge in [0.25, 0.3) is 0 Å². The Morgan fingerprint density at radius 1 is 1.44 bits per heavy atom. The lowest BCUT2D eigenvalue weighted by atomic mass is 10.0. The Kier molecular flexibility index (Phi) is 4.58. The van der Waals surface area contributed by atoms with Gasteiger partial charge in [-0.1, -0.05) is 0 Å². The van der Waals surface area contributed by atoms with Gasteiger partial charge < -0.3 is 15.1 Å². The summed E-state index contributed by atoms with van der Waals surface area (Å²) in [6, 6.07) is -0.337. The van der Waals surface area contributed by atoms with Gasteiger partial charge in [-0.15, -0.1) is 0 Å². The van der Waals surface area contributed by atoms with Crippen molar-refractivity contribution in [3.05, 3.63) is 0 Å². The lowest BCUT2D eigenvalue weighted by molar-refractivity contribution is -0.126. The van der Waals surface area contributed by atoms with Crippen LogP contribution in [0.3, 0.4) is 0 Å². The van der Waals surface area contributed by atoms with E-state index in [1.165, 1.54) is 0 Å². The highest BCUT2D eigenvalue weighted by atomic mass is 16.2. The molecule has 1 fully saturated rings. The van der Waals surface area contributed by atoms with Crippen molar-refractivity contribution in [3.63, 3.8) is 0 Å². The third-order valence-corrected chi connectivity index (χ3v) is 3.10. The van der Waals surface area contributed by atoms with E-state index >= 15 is 0 Å². The molecule has 0 aliphatic carbocycles. The minimum Gasteiger partial charge on any atom is -0.357 e. The molecular formula is C11H21N3O2. The Balaban J connectivity index is 2.73. The van der Waals surface area contributed by atoms with Crippen LogP contribution in [0.2, 0.25) is 0 Å². The molecule has 1 heterocycles. The Hall–Kier alpha value is -1.26. The summed E-state index contributed by atoms with van der Waals surface area (Å²) in [5, 5.41) is 2.63. The number of urea groups is 1. The first-order valence-electron chi connectivity index (χ1n) is 5.85. The molecule has 16 heavy (non-hydrogen) atoms. The fraction of sp³-hybridized carbons (Fsp3) is 0.818. The number of hydrogen-bond acceptors (Lipinski definition) is 2. The first kappa shape index (κ1) is 12.8. The molecule has 0 spiro atoms. The molecule has 0 bridgehead atoms. The number of carbonyl (C=O) groups is 2. The van der Waals surface area contributed by atoms with Crippen molar-refractivity contribution in [2.75, 3.05) is 27.2 Å². The summed E-state index contributed by atoms with van der Waals surface area (Å²) in [4.78, 5) is 27.0. The van der Waals surface area contributed by atoms with Crippen molar-refractivity contribution >= 4 is 11.9 Å². The van der Waals surface area contributed by atoms with E-state index in [2.05, 4.69) is 5.32 Å². The molecule has 1 unspecified atom stereocenters. The number of rotatable bonds is 2. The quantitative estimate of drug-likeness (QED) is 0.753. The lowest BCUT2D eigenvalue weighted by Crippen LogP contribution is -2.54. The number of nitrogens with one attached hydrogen (secondary N) is 1. The molecule has 1 aliphatic rings. The van der Waals surface area contributed by atoms with E-state index in [0.717, 1.165) is 19.3 Å². The number of piperidine rings is 1. The first-order valence-corrected chi connectivity index (χ1v) is 5.85. The van der Waals surface area contributed by atoms with E-state index in [0.29, 0.717) is 13.1 Å². The van der Waals surface area contributed by atoms with Crippen LogP contribution in [0.15, 0.2) is 0 Å². The number of hydrogen-bond donors (Lipinski definition) is 1. The molecule has 0 aromatic heterocycles. The predicted octanol–water partition coefficient (Wildman–Crippen LogP) is 0.659. The molecule has 0 aromatic rings. The fourth-order valence-electron chi connectivity index (χ4n) is 1.95. The number of carbonyl (C=O) groups excluding carboxylic acids is 2. The van der Waals surface area contributed by atoms with Crippen molar-refractivity contribution in [1.29, 1.82) is 0 Å². The molecule has 0 radical (unpaired) electrons. The Morgan fingerprint density at radius 2 is 2.12 bits per heavy atom. The zero-order chi connectivity index (χ0) is 12.1. The topological polar surface area (TPSA) is 52.7 Å². The van der Waals surface area contributed by atoms with Gasteiger partial charge in [0.2, 0.25) is 5.91 Å². The normalized spacial score (nSPS) is 20.4. The largest absolute Gasteiger partial charge is 0.357 e. The SMILES string of the molecule is CCN(C)C(=O)N1CCCCC1C(=O)NC. The standard InChI is InChI=1S/C11H21N3O2/c1-4-13(3)11(16)14-8-6-5-7-9(14)10(15)12-2/h9H,4-8H2,1-3H3,(H,12,15). The molecule has 1 rings (SSSR count). The molecular weight excluding hydrogens is 206 g/mol. The lowest BCUT2D eigenvalue weighted by Gasteiger charge is -2.36. The van der Waals surface area contributed by atoms with Crippen molar-refractivity contribution in [2.24, 2.45) is 0 Å². The zero-order valence-electron chi connectivity index (χ0n) is 10.3. The molecule has 92 valence electrons. The third-order valence-electron chi connectivity index (χ3n) is 3.10. The van der Waals surface area contributed by atoms with E-state index in [1.807, 2.05) is 6.92 Å². The van der Waals surface area contributed by atoms with Crippen molar-refractivity contribution in [3.8, 4) is 0 Å². The number of amides is 3. The summed E-state index contributed by atoms with van der Waals surface area (Å²) in [6.07, 6.45) is 2.76. The van der Waals surface area contributed by atoms with Gasteiger partial charge in [-0.3, -0.25) is 4.79 Å². The minimum absolute atomic E-state index is 0.0456. The highest BCUT2D eigenvalue weighted by Gasteiger charge is 2.32. The molecule has 1 aliphatic heterocycles. The summed E-state index contributed by atoms with van der Waals surface area (Å²) in [7, 11) is 3.38. The highest BCUT2D eigenvalue weighted by molar-refractivity contribution is 5.87. The zero-order valence-corrected chi connectivity index (χ0v) is 10.3. The van der Waals surface area contributed by atoms with Gasteiger partial charge in [-0.2, -0.15) is 0 Å². The second-order valence-corrected chi connectivity index (χ2v) is 4.12. The van der Waals surface area contributed by atoms with Crippen LogP contribution in [-0.4, -0.2) is 55.0 Å². The van der Waals surface area contributed by atoms with Crippen molar-refractivity contribution < 1.29 is 9.59 Å². The van der Waals surface area contributed by atoms with Crippen molar-refractivity contribution in [2.45, 2.75) is 32.2 Å². The second-order valence-electron chi connectivity index (χ2n) is 4.12. The summed E-state index contributed by atoms with van der Waals surface area (Å²) in [5.74, 6) is -0.0578. The van der Waals surface area contributed by atoms with Gasteiger partial charge in [0.1, 0.15) is 6.04 Å². The number of likely N-dealkylation sites (tertiary alicyclic amines) is 1. The molecule has 1 atom stereocenters. The average Bonchev–Trinajstić information content (AvgIpc) is 2.35. The Morgan fingerprint density at radius 3 is 2.69 bits per heavy atom. The van der Waals surface area contributed by atoms with Gasteiger partial charge in [-0.05, 0) is 26.2 Å². The van der Waals surface area contributed by atoms with Gasteiger partial charge in [0.15, 0.2) is 0 Å². The van der Waals surface area contributed by atoms with Crippen LogP contribution in [0.5, 0.6) is 0 Å². The summed E-state index contributed by atoms with van der Waals surface area (Å²) in [6.45, 7) is 3.27. The summed E-state index contributed by atoms with van der Waals surface area (Å²) < 4.78 is 0. The van der Waals surface area contributed by atoms with Gasteiger partial charge in [0, 0.05) is 27.2 Å². The number of likely N-dealkylation sites (N-methyl/N-ethyl adjacent to an activating group) is 1. The Bertz CT molecular complexity index is 268. The maximum Gasteiger partial charge on any atom is 0.320 e. The van der Waals surface area contributed by atoms with Crippen LogP contribution in [0.4, 0.5) is 4.79 Å². The molecule has 3 amide bonds. The minimum atomic E-state index is -0.291.